The van der Waals surface area contributed by atoms with E-state index in [1.807, 2.05) is 51.1 Å². The molecule has 10 amide bonds. The van der Waals surface area contributed by atoms with Gasteiger partial charge in [0.1, 0.15) is 70.3 Å². The van der Waals surface area contributed by atoms with E-state index < -0.39 is 191 Å². The van der Waals surface area contributed by atoms with E-state index in [0.29, 0.717) is 35.0 Å². The summed E-state index contributed by atoms with van der Waals surface area (Å²) in [5.74, 6) is -8.17. The highest BCUT2D eigenvalue weighted by Gasteiger charge is 2.66. The van der Waals surface area contributed by atoms with Gasteiger partial charge in [0.05, 0.1) is 66.9 Å². The molecular weight excluding hydrogens is 1740 g/mol. The number of anilines is 2. The first-order chi connectivity index (χ1) is 59.7. The number of epoxide rings is 2. The maximum atomic E-state index is 14.4. The predicted molar refractivity (Wildman–Crippen MR) is 478 cm³/mol. The summed E-state index contributed by atoms with van der Waals surface area (Å²) in [5.41, 5.74) is -1.42. The summed E-state index contributed by atoms with van der Waals surface area (Å²) < 4.78 is 47.7. The smallest absolute Gasteiger partial charge is 0.409 e. The predicted octanol–water partition coefficient (Wildman–Crippen LogP) is 8.60. The SMILES string of the molecule is C.COc1cc2cc(c1Cl)N(C)C(=O)CC(OC(=O)C(C)N(C)C(=O)CCSC(=O)CCCC(=O)CNC(=O)CCC(=O)CNC(=O)CCCN1C(=O)CC(SCCC(=O)N(C)C(C)C(=O)OC3CC(=O)N(C)c4cc(cc(C)c4Cl)C/C(C)=C/C=C/C(C)C4(O)CC(OC(=O)N4)C(C)C4OC34C)C1=O)C1(C)OC1C(C)C1CC(O)(NC(=O)O1)C(OC)/C=C/C=C(\C)C2. The van der Waals surface area contributed by atoms with Crippen LogP contribution in [0.4, 0.5) is 21.0 Å². The first kappa shape index (κ1) is 104. The Morgan fingerprint density at radius 1 is 0.617 bits per heavy atom. The van der Waals surface area contributed by atoms with Crippen molar-refractivity contribution < 1.29 is 120 Å². The van der Waals surface area contributed by atoms with Gasteiger partial charge in [-0.3, -0.25) is 68.3 Å². The molecule has 6 N–H and O–H groups in total. The number of ether oxygens (including phenoxy) is 8. The van der Waals surface area contributed by atoms with Gasteiger partial charge in [0.25, 0.3) is 0 Å². The van der Waals surface area contributed by atoms with E-state index in [2.05, 4.69) is 21.3 Å². The first-order valence-electron chi connectivity index (χ1n) is 42.5. The van der Waals surface area contributed by atoms with E-state index in [1.165, 1.54) is 63.9 Å². The van der Waals surface area contributed by atoms with Crippen LogP contribution < -0.4 is 35.8 Å². The number of aliphatic hydroxyl groups is 2. The molecule has 0 saturated carbocycles. The largest absolute Gasteiger partial charge is 0.495 e. The van der Waals surface area contributed by atoms with Gasteiger partial charge in [0.15, 0.2) is 22.4 Å². The molecule has 34 nitrogen and oxygen atoms in total. The van der Waals surface area contributed by atoms with E-state index in [4.69, 9.17) is 61.1 Å². The number of fused-ring (bicyclic) bond motifs is 10. The quantitative estimate of drug-likeness (QED) is 0.0184. The van der Waals surface area contributed by atoms with Crippen molar-refractivity contribution in [3.63, 3.8) is 0 Å². The lowest BCUT2D eigenvalue weighted by Crippen LogP contribution is -2.63. The second-order valence-corrected chi connectivity index (χ2v) is 37.5. The number of carbonyl (C=O) groups is 15. The highest BCUT2D eigenvalue weighted by molar-refractivity contribution is 8.13. The second-order valence-electron chi connectivity index (χ2n) is 34.3. The minimum atomic E-state index is -1.92. The van der Waals surface area contributed by atoms with Crippen molar-refractivity contribution in [2.24, 2.45) is 17.8 Å². The fraction of sp³-hybridized carbons (Fsp3) is 0.611. The molecular formula is C90H123Cl2N9O25S2. The second kappa shape index (κ2) is 45.0. The van der Waals surface area contributed by atoms with Gasteiger partial charge < -0.3 is 78.3 Å². The summed E-state index contributed by atoms with van der Waals surface area (Å²) in [7, 11) is 8.71. The molecule has 0 aromatic heterocycles. The number of likely N-dealkylation sites (N-methyl/N-ethyl adjacent to an activating group) is 2. The number of hydrogen-bond donors (Lipinski definition) is 6. The van der Waals surface area contributed by atoms with E-state index in [1.54, 1.807) is 72.0 Å². The maximum Gasteiger partial charge on any atom is 0.409 e. The molecule has 0 radical (unpaired) electrons. The molecule has 5 saturated heterocycles. The Kier molecular flexibility index (Phi) is 36.6. The third kappa shape index (κ3) is 26.3. The number of benzene rings is 2. The number of alkyl carbamates (subject to hydrolysis) is 2. The van der Waals surface area contributed by atoms with Crippen LogP contribution in [-0.2, 0) is 108 Å². The van der Waals surface area contributed by atoms with Gasteiger partial charge in [-0.1, -0.05) is 117 Å². The fourth-order valence-electron chi connectivity index (χ4n) is 16.2. The molecule has 2 aromatic rings. The zero-order chi connectivity index (χ0) is 93.6. The van der Waals surface area contributed by atoms with Gasteiger partial charge in [-0.2, -0.15) is 0 Å². The molecule has 8 bridgehead atoms. The van der Waals surface area contributed by atoms with E-state index in [-0.39, 0.29) is 131 Å². The van der Waals surface area contributed by atoms with Crippen molar-refractivity contribution in [1.82, 2.24) is 36.0 Å². The standard InChI is InChI=1S/C89H119Cl2N9O25S2.CH4/c1-48-21-17-23-51(4)88(116)44-63(120-84(114)94-88)52(5)79-86(9,124-79)67(42-73(107)98(13)60-38-56(35-48)37-50(3)77(60)90)122-82(112)54(7)96(11)71(105)30-33-126-65-41-75(109)100(81(65)111)32-20-26-69(103)92-47-59(102)28-29-70(104)93-46-58(101)24-19-27-76(110)127-34-31-72(106)97(12)55(8)83(113)123-68-43-74(108)99(14)61-39-57(40-62(118-15)78(61)91)36-49(2)22-18-25-66(119-16)89(117)45-64(121-85(115)95-89)53(6)80-87(68,10)125-80;/h17-18,21-23,25,37-40,51-55,63-68,79-80,116-117H,19-20,24,26-36,41-47H2,1-16H3,(H,92,103)(H,93,104)(H,94,114)(H,95,115);1H4/b23-17+,25-18+,48-21+,49-22+;. The molecule has 7 aliphatic heterocycles. The number of rotatable bonds is 30. The summed E-state index contributed by atoms with van der Waals surface area (Å²) in [6.07, 6.45) is 0.767. The van der Waals surface area contributed by atoms with Gasteiger partial charge >= 0.3 is 24.1 Å². The van der Waals surface area contributed by atoms with E-state index in [9.17, 15) is 82.1 Å². The molecule has 0 aliphatic carbocycles. The lowest BCUT2D eigenvalue weighted by molar-refractivity contribution is -0.162. The summed E-state index contributed by atoms with van der Waals surface area (Å²) in [5, 5.41) is 33.1. The van der Waals surface area contributed by atoms with Crippen molar-refractivity contribution in [3.8, 4) is 5.75 Å². The zero-order valence-corrected chi connectivity index (χ0v) is 77.9. The number of likely N-dealkylation sites (tertiary alicyclic amines) is 1. The number of amides is 10. The van der Waals surface area contributed by atoms with Crippen LogP contribution in [-0.4, -0.2) is 269 Å². The number of esters is 2. The highest BCUT2D eigenvalue weighted by atomic mass is 35.5. The Morgan fingerprint density at radius 2 is 1.10 bits per heavy atom. The molecule has 7 aliphatic rings. The number of imide groups is 1. The summed E-state index contributed by atoms with van der Waals surface area (Å²) in [6, 6.07) is 4.82. The molecule has 9 rings (SSSR count). The number of allylic oxidation sites excluding steroid dienone is 6. The van der Waals surface area contributed by atoms with Crippen LogP contribution in [0.25, 0.3) is 0 Å². The average molecular weight is 1870 g/mol. The molecule has 17 unspecified atom stereocenters. The Bertz CT molecular complexity index is 4680. The number of hydrogen-bond acceptors (Lipinski definition) is 27. The van der Waals surface area contributed by atoms with Crippen LogP contribution >= 0.6 is 46.7 Å². The summed E-state index contributed by atoms with van der Waals surface area (Å²) in [4.78, 5) is 207. The summed E-state index contributed by atoms with van der Waals surface area (Å²) in [6.45, 7) is 16.3. The Hall–Kier alpha value is -9.27. The number of thioether (sulfide) groups is 2. The molecule has 5 fully saturated rings. The third-order valence-corrected chi connectivity index (χ3v) is 27.8. The molecule has 704 valence electrons. The lowest BCUT2D eigenvalue weighted by atomic mass is 9.82. The van der Waals surface area contributed by atoms with Gasteiger partial charge in [-0.15, -0.1) is 11.8 Å². The highest BCUT2D eigenvalue weighted by Crippen LogP contribution is 2.52. The molecule has 2 aromatic carbocycles. The number of carbonyl (C=O) groups excluding carboxylic acids is 15. The maximum absolute atomic E-state index is 14.4. The number of ketones is 2. The Morgan fingerprint density at radius 3 is 1.63 bits per heavy atom. The van der Waals surface area contributed by atoms with Crippen molar-refractivity contribution in [3.05, 3.63) is 98.6 Å². The summed E-state index contributed by atoms with van der Waals surface area (Å²) >= 11 is 15.6. The number of nitrogens with one attached hydrogen (secondary N) is 4. The van der Waals surface area contributed by atoms with Crippen molar-refractivity contribution in [2.75, 3.05) is 83.4 Å². The van der Waals surface area contributed by atoms with Gasteiger partial charge in [-0.25, -0.2) is 19.2 Å². The van der Waals surface area contributed by atoms with Crippen LogP contribution in [0.5, 0.6) is 5.75 Å². The van der Waals surface area contributed by atoms with E-state index >= 15 is 0 Å². The molecule has 128 heavy (non-hydrogen) atoms. The first-order valence-corrected chi connectivity index (χ1v) is 45.3. The third-order valence-electron chi connectivity index (χ3n) is 24.8. The minimum Gasteiger partial charge on any atom is -0.495 e. The van der Waals surface area contributed by atoms with Crippen LogP contribution in [0.15, 0.2) is 71.9 Å². The number of aryl methyl sites for hydroxylation is 1. The molecule has 0 spiro atoms. The van der Waals surface area contributed by atoms with Crippen LogP contribution in [0.3, 0.4) is 0 Å². The topological polar surface area (TPSA) is 441 Å². The van der Waals surface area contributed by atoms with E-state index in [0.717, 1.165) is 61.2 Å². The monoisotopic (exact) mass is 1860 g/mol. The molecule has 7 heterocycles. The van der Waals surface area contributed by atoms with Crippen molar-refractivity contribution >= 4 is 146 Å². The number of methoxy groups -OCH3 is 2. The van der Waals surface area contributed by atoms with Gasteiger partial charge in [0.2, 0.25) is 47.3 Å². The molecule has 17 atom stereocenters. The van der Waals surface area contributed by atoms with Crippen molar-refractivity contribution in [1.29, 1.82) is 0 Å². The van der Waals surface area contributed by atoms with Crippen LogP contribution in [0.2, 0.25) is 10.0 Å². The Balaban J connectivity index is 0.0000202. The van der Waals surface area contributed by atoms with Crippen molar-refractivity contribution in [2.45, 2.75) is 262 Å². The number of nitrogens with zero attached hydrogens (tertiary/aromatic N) is 5. The van der Waals surface area contributed by atoms with Crippen LogP contribution in [0, 0.1) is 24.7 Å². The zero-order valence-electron chi connectivity index (χ0n) is 74.7. The number of Topliss-reactive ketones (excluding diaryl/α,β-unsaturated/α-hetero) is 2. The lowest BCUT2D eigenvalue weighted by Gasteiger charge is -2.42. The molecule has 38 heteroatoms. The van der Waals surface area contributed by atoms with Gasteiger partial charge in [-0.05, 0) is 109 Å². The van der Waals surface area contributed by atoms with Crippen LogP contribution in [0.1, 0.15) is 176 Å². The average Bonchev–Trinajstić information content (AvgIpc) is 1.57. The normalized spacial score (nSPS) is 29.0. The van der Waals surface area contributed by atoms with Gasteiger partial charge in [0, 0.05) is 135 Å². The number of halogens is 2. The minimum absolute atomic E-state index is 0. The Labute approximate surface area is 765 Å². The fourth-order valence-corrected chi connectivity index (χ4v) is 18.6.